The zero-order valence-electron chi connectivity index (χ0n) is 13.1. The minimum Gasteiger partial charge on any atom is -0.399 e. The minimum atomic E-state index is -0.140. The van der Waals surface area contributed by atoms with Gasteiger partial charge in [-0.3, -0.25) is 4.79 Å². The molecule has 0 aromatic heterocycles. The van der Waals surface area contributed by atoms with Crippen LogP contribution < -0.4 is 16.4 Å². The van der Waals surface area contributed by atoms with Crippen molar-refractivity contribution in [3.05, 3.63) is 28.8 Å². The monoisotopic (exact) mass is 309 g/mol. The van der Waals surface area contributed by atoms with E-state index in [0.29, 0.717) is 16.3 Å². The predicted molar refractivity (Wildman–Crippen MR) is 87.6 cm³/mol. The molecular weight excluding hydrogens is 286 g/mol. The van der Waals surface area contributed by atoms with Gasteiger partial charge < -0.3 is 16.4 Å². The van der Waals surface area contributed by atoms with Crippen LogP contribution in [-0.4, -0.2) is 23.0 Å². The molecule has 21 heavy (non-hydrogen) atoms. The maximum atomic E-state index is 12.4. The molecule has 1 amide bonds. The van der Waals surface area contributed by atoms with Crippen LogP contribution in [0.15, 0.2) is 18.2 Å². The second-order valence-corrected chi connectivity index (χ2v) is 7.62. The summed E-state index contributed by atoms with van der Waals surface area (Å²) in [6.07, 6.45) is 1.77. The lowest BCUT2D eigenvalue weighted by Crippen LogP contribution is -2.62. The van der Waals surface area contributed by atoms with Gasteiger partial charge in [0.25, 0.3) is 5.91 Å². The van der Waals surface area contributed by atoms with Gasteiger partial charge in [0.1, 0.15) is 0 Å². The maximum absolute atomic E-state index is 12.4. The Balaban J connectivity index is 2.12. The molecule has 116 valence electrons. The number of nitrogen functional groups attached to an aromatic ring is 1. The molecule has 0 aliphatic carbocycles. The molecule has 0 saturated carbocycles. The number of anilines is 1. The van der Waals surface area contributed by atoms with E-state index in [1.807, 2.05) is 0 Å². The molecule has 1 aromatic rings. The molecule has 1 saturated heterocycles. The van der Waals surface area contributed by atoms with Crippen molar-refractivity contribution in [2.24, 2.45) is 0 Å². The average molecular weight is 310 g/mol. The highest BCUT2D eigenvalue weighted by Gasteiger charge is 2.38. The summed E-state index contributed by atoms with van der Waals surface area (Å²) < 4.78 is 0. The standard InChI is InChI=1S/C16H24ClN3O/c1-15(2)8-11(9-16(3,4)20-15)19-14(21)12-6-5-10(18)7-13(12)17/h5-7,11,20H,8-9,18H2,1-4H3,(H,19,21). The summed E-state index contributed by atoms with van der Waals surface area (Å²) >= 11 is 6.10. The largest absolute Gasteiger partial charge is 0.399 e. The van der Waals surface area contributed by atoms with E-state index in [1.165, 1.54) is 0 Å². The van der Waals surface area contributed by atoms with Crippen molar-refractivity contribution in [2.75, 3.05) is 5.73 Å². The fourth-order valence-corrected chi connectivity index (χ4v) is 3.68. The Morgan fingerprint density at radius 2 is 1.86 bits per heavy atom. The molecule has 0 atom stereocenters. The first-order chi connectivity index (χ1) is 9.58. The normalized spacial score (nSPS) is 21.0. The van der Waals surface area contributed by atoms with Crippen LogP contribution in [0.4, 0.5) is 5.69 Å². The number of amides is 1. The number of benzene rings is 1. The fourth-order valence-electron chi connectivity index (χ4n) is 3.40. The number of nitrogens with two attached hydrogens (primary N) is 1. The molecule has 4 nitrogen and oxygen atoms in total. The number of halogens is 1. The molecule has 0 bridgehead atoms. The van der Waals surface area contributed by atoms with Crippen LogP contribution in [0.5, 0.6) is 0 Å². The molecule has 2 rings (SSSR count). The summed E-state index contributed by atoms with van der Waals surface area (Å²) in [5.74, 6) is -0.140. The van der Waals surface area contributed by atoms with Crippen LogP contribution in [0, 0.1) is 0 Å². The second-order valence-electron chi connectivity index (χ2n) is 7.21. The van der Waals surface area contributed by atoms with Crippen LogP contribution in [0.3, 0.4) is 0 Å². The number of hydrogen-bond acceptors (Lipinski definition) is 3. The van der Waals surface area contributed by atoms with Gasteiger partial charge in [0.05, 0.1) is 10.6 Å². The van der Waals surface area contributed by atoms with E-state index >= 15 is 0 Å². The molecule has 1 aromatic carbocycles. The first-order valence-electron chi connectivity index (χ1n) is 7.23. The third kappa shape index (κ3) is 4.11. The van der Waals surface area contributed by atoms with E-state index in [-0.39, 0.29) is 23.0 Å². The summed E-state index contributed by atoms with van der Waals surface area (Å²) in [6.45, 7) is 8.62. The van der Waals surface area contributed by atoms with Crippen molar-refractivity contribution in [1.29, 1.82) is 0 Å². The van der Waals surface area contributed by atoms with Gasteiger partial charge in [-0.05, 0) is 58.7 Å². The van der Waals surface area contributed by atoms with Crippen molar-refractivity contribution < 1.29 is 4.79 Å². The maximum Gasteiger partial charge on any atom is 0.253 e. The summed E-state index contributed by atoms with van der Waals surface area (Å²) in [6, 6.07) is 5.09. The van der Waals surface area contributed by atoms with Gasteiger partial charge in [-0.2, -0.15) is 0 Å². The predicted octanol–water partition coefficient (Wildman–Crippen LogP) is 2.96. The van der Waals surface area contributed by atoms with Gasteiger partial charge in [-0.15, -0.1) is 0 Å². The smallest absolute Gasteiger partial charge is 0.253 e. The fraction of sp³-hybridized carbons (Fsp3) is 0.562. The molecule has 1 aliphatic heterocycles. The zero-order valence-corrected chi connectivity index (χ0v) is 13.8. The lowest BCUT2D eigenvalue weighted by molar-refractivity contribution is 0.0873. The SMILES string of the molecule is CC1(C)CC(NC(=O)c2ccc(N)cc2Cl)CC(C)(C)N1. The number of hydrogen-bond donors (Lipinski definition) is 3. The molecule has 0 radical (unpaired) electrons. The van der Waals surface area contributed by atoms with Gasteiger partial charge in [-0.1, -0.05) is 11.6 Å². The highest BCUT2D eigenvalue weighted by molar-refractivity contribution is 6.34. The zero-order chi connectivity index (χ0) is 15.8. The quantitative estimate of drug-likeness (QED) is 0.736. The van der Waals surface area contributed by atoms with Gasteiger partial charge in [-0.25, -0.2) is 0 Å². The molecule has 0 spiro atoms. The highest BCUT2D eigenvalue weighted by atomic mass is 35.5. The number of carbonyl (C=O) groups is 1. The van der Waals surface area contributed by atoms with Crippen LogP contribution in [-0.2, 0) is 0 Å². The molecule has 4 N–H and O–H groups in total. The van der Waals surface area contributed by atoms with Crippen molar-refractivity contribution in [3.8, 4) is 0 Å². The Hall–Kier alpha value is -1.26. The lowest BCUT2D eigenvalue weighted by atomic mass is 9.79. The van der Waals surface area contributed by atoms with Crippen LogP contribution >= 0.6 is 11.6 Å². The van der Waals surface area contributed by atoms with E-state index < -0.39 is 0 Å². The molecule has 1 aliphatic rings. The Morgan fingerprint density at radius 1 is 1.29 bits per heavy atom. The molecule has 0 unspecified atom stereocenters. The van der Waals surface area contributed by atoms with Crippen LogP contribution in [0.1, 0.15) is 50.9 Å². The molecule has 1 heterocycles. The Kier molecular flexibility index (Phi) is 4.22. The van der Waals surface area contributed by atoms with E-state index in [1.54, 1.807) is 18.2 Å². The van der Waals surface area contributed by atoms with Gasteiger partial charge in [0.15, 0.2) is 0 Å². The third-order valence-electron chi connectivity index (χ3n) is 3.76. The second kappa shape index (κ2) is 5.50. The molecule has 1 fully saturated rings. The van der Waals surface area contributed by atoms with E-state index in [2.05, 4.69) is 38.3 Å². The van der Waals surface area contributed by atoms with Crippen LogP contribution in [0.2, 0.25) is 5.02 Å². The van der Waals surface area contributed by atoms with Gasteiger partial charge in [0, 0.05) is 22.8 Å². The first kappa shape index (κ1) is 16.1. The summed E-state index contributed by atoms with van der Waals surface area (Å²) in [4.78, 5) is 12.4. The molecule has 5 heteroatoms. The van der Waals surface area contributed by atoms with Gasteiger partial charge >= 0.3 is 0 Å². The van der Waals surface area contributed by atoms with Crippen molar-refractivity contribution in [2.45, 2.75) is 57.7 Å². The lowest BCUT2D eigenvalue weighted by Gasteiger charge is -2.46. The minimum absolute atomic E-state index is 0.00932. The first-order valence-corrected chi connectivity index (χ1v) is 7.61. The summed E-state index contributed by atoms with van der Waals surface area (Å²) in [7, 11) is 0. The Labute approximate surface area is 131 Å². The third-order valence-corrected chi connectivity index (χ3v) is 4.08. The Morgan fingerprint density at radius 3 is 2.38 bits per heavy atom. The molecular formula is C16H24ClN3O. The number of piperidine rings is 1. The number of carbonyl (C=O) groups excluding carboxylic acids is 1. The highest BCUT2D eigenvalue weighted by Crippen LogP contribution is 2.29. The van der Waals surface area contributed by atoms with E-state index in [4.69, 9.17) is 17.3 Å². The summed E-state index contributed by atoms with van der Waals surface area (Å²) in [5, 5.41) is 7.09. The average Bonchev–Trinajstić information content (AvgIpc) is 2.23. The van der Waals surface area contributed by atoms with E-state index in [0.717, 1.165) is 12.8 Å². The van der Waals surface area contributed by atoms with Crippen LogP contribution in [0.25, 0.3) is 0 Å². The topological polar surface area (TPSA) is 67.2 Å². The van der Waals surface area contributed by atoms with Gasteiger partial charge in [0.2, 0.25) is 0 Å². The number of rotatable bonds is 2. The van der Waals surface area contributed by atoms with Crippen molar-refractivity contribution in [1.82, 2.24) is 10.6 Å². The van der Waals surface area contributed by atoms with Crippen molar-refractivity contribution >= 4 is 23.2 Å². The van der Waals surface area contributed by atoms with E-state index in [9.17, 15) is 4.79 Å². The Bertz CT molecular complexity index is 538. The number of nitrogens with one attached hydrogen (secondary N) is 2. The summed E-state index contributed by atoms with van der Waals surface area (Å²) in [5.41, 5.74) is 6.67. The van der Waals surface area contributed by atoms with Crippen molar-refractivity contribution in [3.63, 3.8) is 0 Å².